The third-order valence-electron chi connectivity index (χ3n) is 4.08. The van der Waals surface area contributed by atoms with E-state index in [1.54, 1.807) is 0 Å². The summed E-state index contributed by atoms with van der Waals surface area (Å²) in [6.07, 6.45) is -0.567. The van der Waals surface area contributed by atoms with Gasteiger partial charge in [0.2, 0.25) is 0 Å². The maximum absolute atomic E-state index is 9.33. The van der Waals surface area contributed by atoms with Gasteiger partial charge in [-0.15, -0.1) is 0 Å². The number of fused-ring (bicyclic) bond motifs is 1. The van der Waals surface area contributed by atoms with E-state index in [0.717, 1.165) is 0 Å². The van der Waals surface area contributed by atoms with Crippen molar-refractivity contribution in [2.75, 3.05) is 0 Å². The summed E-state index contributed by atoms with van der Waals surface area (Å²) in [6.45, 7) is 5.86. The fourth-order valence-corrected chi connectivity index (χ4v) is 3.44. The van der Waals surface area contributed by atoms with Gasteiger partial charge in [-0.05, 0) is 19.8 Å². The zero-order valence-electron chi connectivity index (χ0n) is 9.56. The van der Waals surface area contributed by atoms with Crippen LogP contribution in [-0.4, -0.2) is 11.7 Å². The predicted molar refractivity (Wildman–Crippen MR) is 54.4 cm³/mol. The van der Waals surface area contributed by atoms with Crippen LogP contribution < -0.4 is 0 Å². The minimum atomic E-state index is -0.853. The quantitative estimate of drug-likeness (QED) is 0.665. The zero-order chi connectivity index (χ0) is 12.1. The van der Waals surface area contributed by atoms with Gasteiger partial charge in [-0.2, -0.15) is 15.8 Å². The Labute approximate surface area is 95.0 Å². The highest BCUT2D eigenvalue weighted by Crippen LogP contribution is 2.72. The first-order valence-electron chi connectivity index (χ1n) is 5.34. The van der Waals surface area contributed by atoms with Crippen molar-refractivity contribution in [1.29, 1.82) is 15.8 Å². The summed E-state index contributed by atoms with van der Waals surface area (Å²) in [7, 11) is 0. The van der Waals surface area contributed by atoms with E-state index in [0.29, 0.717) is 0 Å². The Morgan fingerprint density at radius 2 is 1.75 bits per heavy atom. The second-order valence-corrected chi connectivity index (χ2v) is 5.19. The van der Waals surface area contributed by atoms with Crippen molar-refractivity contribution in [2.24, 2.45) is 23.2 Å². The summed E-state index contributed by atoms with van der Waals surface area (Å²) >= 11 is 0. The van der Waals surface area contributed by atoms with Crippen molar-refractivity contribution in [1.82, 2.24) is 0 Å². The largest absolute Gasteiger partial charge is 0.368 e. The van der Waals surface area contributed by atoms with Crippen molar-refractivity contribution in [3.8, 4) is 18.2 Å². The molecule has 1 saturated heterocycles. The second-order valence-electron chi connectivity index (χ2n) is 5.19. The Morgan fingerprint density at radius 1 is 1.19 bits per heavy atom. The molecule has 0 N–H and O–H groups in total. The van der Waals surface area contributed by atoms with Crippen LogP contribution in [0.2, 0.25) is 0 Å². The fourth-order valence-electron chi connectivity index (χ4n) is 3.44. The maximum atomic E-state index is 9.33. The summed E-state index contributed by atoms with van der Waals surface area (Å²) in [5.74, 6) is -0.511. The average molecular weight is 215 g/mol. The molecule has 16 heavy (non-hydrogen) atoms. The first-order chi connectivity index (χ1) is 7.45. The number of hydrogen-bond acceptors (Lipinski definition) is 4. The molecule has 0 bridgehead atoms. The molecule has 2 fully saturated rings. The molecule has 1 saturated carbocycles. The topological polar surface area (TPSA) is 80.6 Å². The van der Waals surface area contributed by atoms with Crippen molar-refractivity contribution in [3.05, 3.63) is 0 Å². The molecule has 1 heterocycles. The number of rotatable bonds is 1. The van der Waals surface area contributed by atoms with E-state index in [9.17, 15) is 5.26 Å². The third kappa shape index (κ3) is 0.993. The molecule has 0 aromatic rings. The molecule has 0 radical (unpaired) electrons. The van der Waals surface area contributed by atoms with E-state index in [1.807, 2.05) is 32.9 Å². The van der Waals surface area contributed by atoms with E-state index in [2.05, 4.69) is 6.07 Å². The summed E-state index contributed by atoms with van der Waals surface area (Å²) in [5.41, 5.74) is -1.04. The van der Waals surface area contributed by atoms with E-state index < -0.39 is 23.0 Å². The lowest BCUT2D eigenvalue weighted by Gasteiger charge is -2.26. The van der Waals surface area contributed by atoms with Crippen molar-refractivity contribution in [3.63, 3.8) is 0 Å². The van der Waals surface area contributed by atoms with Gasteiger partial charge in [0.05, 0.1) is 29.2 Å². The SMILES string of the molecule is CC1C2C(C)(C)OC(C(C#N)C#N)C12C#N. The maximum Gasteiger partial charge on any atom is 0.160 e. The average Bonchev–Trinajstić information content (AvgIpc) is 2.76. The van der Waals surface area contributed by atoms with Crippen LogP contribution in [0, 0.1) is 57.2 Å². The third-order valence-corrected chi connectivity index (χ3v) is 4.08. The highest BCUT2D eigenvalue weighted by molar-refractivity contribution is 5.34. The van der Waals surface area contributed by atoms with Gasteiger partial charge >= 0.3 is 0 Å². The number of hydrogen-bond donors (Lipinski definition) is 0. The van der Waals surface area contributed by atoms with Crippen LogP contribution in [0.5, 0.6) is 0 Å². The van der Waals surface area contributed by atoms with Gasteiger partial charge in [-0.3, -0.25) is 0 Å². The van der Waals surface area contributed by atoms with Gasteiger partial charge in [0.1, 0.15) is 6.10 Å². The molecule has 4 atom stereocenters. The Balaban J connectivity index is 2.41. The van der Waals surface area contributed by atoms with Gasteiger partial charge < -0.3 is 4.74 Å². The minimum Gasteiger partial charge on any atom is -0.368 e. The minimum absolute atomic E-state index is 0.138. The molecule has 2 rings (SSSR count). The van der Waals surface area contributed by atoms with Crippen LogP contribution in [0.3, 0.4) is 0 Å². The van der Waals surface area contributed by atoms with Crippen LogP contribution >= 0.6 is 0 Å². The Kier molecular flexibility index (Phi) is 2.03. The molecule has 0 aromatic heterocycles. The van der Waals surface area contributed by atoms with Gasteiger partial charge in [-0.1, -0.05) is 6.92 Å². The van der Waals surface area contributed by atoms with E-state index in [-0.39, 0.29) is 11.8 Å². The lowest BCUT2D eigenvalue weighted by molar-refractivity contribution is -0.0667. The smallest absolute Gasteiger partial charge is 0.160 e. The molecule has 0 aromatic carbocycles. The van der Waals surface area contributed by atoms with E-state index in [4.69, 9.17) is 15.3 Å². The molecule has 2 aliphatic rings. The van der Waals surface area contributed by atoms with Crippen molar-refractivity contribution >= 4 is 0 Å². The van der Waals surface area contributed by atoms with Crippen LogP contribution in [-0.2, 0) is 4.74 Å². The van der Waals surface area contributed by atoms with E-state index >= 15 is 0 Å². The molecule has 4 heteroatoms. The normalized spacial score (nSPS) is 42.9. The molecule has 0 spiro atoms. The summed E-state index contributed by atoms with van der Waals surface area (Å²) in [4.78, 5) is 0. The summed E-state index contributed by atoms with van der Waals surface area (Å²) in [6, 6.07) is 6.15. The van der Waals surface area contributed by atoms with Crippen LogP contribution in [0.4, 0.5) is 0 Å². The van der Waals surface area contributed by atoms with Crippen LogP contribution in [0.25, 0.3) is 0 Å². The molecular weight excluding hydrogens is 202 g/mol. The van der Waals surface area contributed by atoms with Crippen molar-refractivity contribution < 1.29 is 4.74 Å². The number of nitriles is 3. The molecule has 1 aliphatic heterocycles. The molecule has 1 aliphatic carbocycles. The Hall–Kier alpha value is -1.57. The monoisotopic (exact) mass is 215 g/mol. The molecular formula is C12H13N3O. The molecule has 0 amide bonds. The first-order valence-corrected chi connectivity index (χ1v) is 5.34. The highest BCUT2D eigenvalue weighted by Gasteiger charge is 2.79. The van der Waals surface area contributed by atoms with Crippen LogP contribution in [0.15, 0.2) is 0 Å². The Bertz CT molecular complexity index is 436. The molecule has 4 unspecified atom stereocenters. The zero-order valence-corrected chi connectivity index (χ0v) is 9.56. The lowest BCUT2D eigenvalue weighted by Crippen LogP contribution is -2.34. The molecule has 82 valence electrons. The summed E-state index contributed by atoms with van der Waals surface area (Å²) < 4.78 is 5.75. The van der Waals surface area contributed by atoms with Gasteiger partial charge in [0, 0.05) is 5.92 Å². The van der Waals surface area contributed by atoms with Gasteiger partial charge in [0.15, 0.2) is 5.92 Å². The number of nitrogens with zero attached hydrogens (tertiary/aromatic N) is 3. The van der Waals surface area contributed by atoms with Crippen LogP contribution in [0.1, 0.15) is 20.8 Å². The standard InChI is InChI=1S/C12H13N3O/c1-7-9-11(2,3)16-10(8(4-13)5-14)12(7,9)6-15/h7-10H,1-3H3. The van der Waals surface area contributed by atoms with Gasteiger partial charge in [0.25, 0.3) is 0 Å². The van der Waals surface area contributed by atoms with E-state index in [1.165, 1.54) is 0 Å². The highest BCUT2D eigenvalue weighted by atomic mass is 16.5. The predicted octanol–water partition coefficient (Wildman–Crippen LogP) is 1.60. The number of ether oxygens (including phenoxy) is 1. The lowest BCUT2D eigenvalue weighted by atomic mass is 9.88. The molecule has 4 nitrogen and oxygen atoms in total. The fraction of sp³-hybridized carbons (Fsp3) is 0.750. The first kappa shape index (κ1) is 10.9. The van der Waals surface area contributed by atoms with Gasteiger partial charge in [-0.25, -0.2) is 0 Å². The summed E-state index contributed by atoms with van der Waals surface area (Å²) in [5, 5.41) is 27.2. The van der Waals surface area contributed by atoms with Crippen molar-refractivity contribution in [2.45, 2.75) is 32.5 Å². The second kappa shape index (κ2) is 2.97. The Morgan fingerprint density at radius 3 is 2.12 bits per heavy atom.